The molecule has 2 aromatic rings. The molecule has 5 heteroatoms. The average Bonchev–Trinajstić information content (AvgIpc) is 2.52. The van der Waals surface area contributed by atoms with Crippen LogP contribution in [0.15, 0.2) is 48.5 Å². The van der Waals surface area contributed by atoms with Gasteiger partial charge >= 0.3 is 0 Å². The van der Waals surface area contributed by atoms with Gasteiger partial charge in [0.2, 0.25) is 0 Å². The highest BCUT2D eigenvalue weighted by atomic mass is 35.5. The molecule has 0 aliphatic rings. The lowest BCUT2D eigenvalue weighted by Gasteiger charge is -2.13. The summed E-state index contributed by atoms with van der Waals surface area (Å²) in [5.41, 5.74) is 2.12. The normalized spacial score (nSPS) is 13.7. The van der Waals surface area contributed by atoms with Crippen LogP contribution in [0.3, 0.4) is 0 Å². The molecule has 23 heavy (non-hydrogen) atoms. The smallest absolute Gasteiger partial charge is 0.0670 e. The minimum absolute atomic E-state index is 0.427. The Labute approximate surface area is 151 Å². The van der Waals surface area contributed by atoms with Gasteiger partial charge in [-0.1, -0.05) is 47.5 Å². The molecule has 0 bridgehead atoms. The van der Waals surface area contributed by atoms with E-state index in [4.69, 9.17) is 23.2 Å². The largest absolute Gasteiger partial charge is 0.392 e. The third kappa shape index (κ3) is 7.15. The number of thioether (sulfide) groups is 1. The molecule has 0 aliphatic heterocycles. The molecule has 2 atom stereocenters. The molecule has 0 radical (unpaired) electrons. The van der Waals surface area contributed by atoms with Gasteiger partial charge in [0.05, 0.1) is 12.2 Å². The first-order chi connectivity index (χ1) is 11.0. The molecule has 2 N–H and O–H groups in total. The van der Waals surface area contributed by atoms with E-state index >= 15 is 0 Å². The van der Waals surface area contributed by atoms with Crippen LogP contribution in [0.2, 0.25) is 10.0 Å². The zero-order chi connectivity index (χ0) is 16.7. The molecule has 124 valence electrons. The van der Waals surface area contributed by atoms with Gasteiger partial charge in [0.15, 0.2) is 0 Å². The van der Waals surface area contributed by atoms with E-state index in [9.17, 15) is 10.2 Å². The Morgan fingerprint density at radius 3 is 1.39 bits per heavy atom. The average molecular weight is 371 g/mol. The summed E-state index contributed by atoms with van der Waals surface area (Å²) in [5.74, 6) is 1.20. The van der Waals surface area contributed by atoms with Gasteiger partial charge in [0, 0.05) is 21.6 Å². The van der Waals surface area contributed by atoms with E-state index in [-0.39, 0.29) is 0 Å². The second-order valence-corrected chi connectivity index (χ2v) is 7.45. The van der Waals surface area contributed by atoms with Crippen molar-refractivity contribution in [2.75, 3.05) is 11.5 Å². The lowest BCUT2D eigenvalue weighted by molar-refractivity contribution is 0.195. The fourth-order valence-corrected chi connectivity index (χ4v) is 3.41. The van der Waals surface area contributed by atoms with Crippen LogP contribution in [0.1, 0.15) is 11.1 Å². The second-order valence-electron chi connectivity index (χ2n) is 5.51. The summed E-state index contributed by atoms with van der Waals surface area (Å²) < 4.78 is 0. The predicted octanol–water partition coefficient (Wildman–Crippen LogP) is 4.23. The van der Waals surface area contributed by atoms with E-state index in [1.165, 1.54) is 0 Å². The van der Waals surface area contributed by atoms with Crippen LogP contribution in [0, 0.1) is 0 Å². The molecule has 0 saturated heterocycles. The number of benzene rings is 2. The summed E-state index contributed by atoms with van der Waals surface area (Å²) in [6.07, 6.45) is 0.336. The zero-order valence-corrected chi connectivity index (χ0v) is 15.0. The first-order valence-corrected chi connectivity index (χ1v) is 9.37. The monoisotopic (exact) mass is 370 g/mol. The molecule has 0 unspecified atom stereocenters. The maximum atomic E-state index is 10.1. The van der Waals surface area contributed by atoms with Crippen molar-refractivity contribution in [3.63, 3.8) is 0 Å². The van der Waals surface area contributed by atoms with E-state index < -0.39 is 12.2 Å². The van der Waals surface area contributed by atoms with Crippen LogP contribution in [-0.2, 0) is 12.8 Å². The van der Waals surface area contributed by atoms with Crippen molar-refractivity contribution in [2.24, 2.45) is 0 Å². The van der Waals surface area contributed by atoms with Gasteiger partial charge in [-0.3, -0.25) is 0 Å². The van der Waals surface area contributed by atoms with Crippen molar-refractivity contribution in [2.45, 2.75) is 25.0 Å². The van der Waals surface area contributed by atoms with E-state index in [0.717, 1.165) is 11.1 Å². The van der Waals surface area contributed by atoms with E-state index in [0.29, 0.717) is 34.4 Å². The highest BCUT2D eigenvalue weighted by Crippen LogP contribution is 2.16. The topological polar surface area (TPSA) is 40.5 Å². The third-order valence-electron chi connectivity index (χ3n) is 3.39. The molecule has 2 rings (SSSR count). The van der Waals surface area contributed by atoms with Crippen molar-refractivity contribution < 1.29 is 10.2 Å². The number of hydrogen-bond donors (Lipinski definition) is 2. The molecule has 0 amide bonds. The number of halogens is 2. The van der Waals surface area contributed by atoms with Gasteiger partial charge in [-0.2, -0.15) is 11.8 Å². The van der Waals surface area contributed by atoms with Gasteiger partial charge in [-0.25, -0.2) is 0 Å². The molecule has 2 aromatic carbocycles. The van der Waals surface area contributed by atoms with Crippen molar-refractivity contribution in [3.05, 3.63) is 69.7 Å². The maximum Gasteiger partial charge on any atom is 0.0670 e. The highest BCUT2D eigenvalue weighted by Gasteiger charge is 2.10. The summed E-state index contributed by atoms with van der Waals surface area (Å²) in [5, 5.41) is 21.5. The van der Waals surface area contributed by atoms with Gasteiger partial charge < -0.3 is 10.2 Å². The van der Waals surface area contributed by atoms with E-state index in [1.807, 2.05) is 48.5 Å². The molecular weight excluding hydrogens is 351 g/mol. The Balaban J connectivity index is 1.67. The summed E-state index contributed by atoms with van der Waals surface area (Å²) in [6, 6.07) is 15.0. The Morgan fingerprint density at radius 2 is 1.04 bits per heavy atom. The van der Waals surface area contributed by atoms with Crippen LogP contribution in [0.25, 0.3) is 0 Å². The zero-order valence-electron chi connectivity index (χ0n) is 12.7. The Kier molecular flexibility index (Phi) is 7.74. The molecule has 0 fully saturated rings. The van der Waals surface area contributed by atoms with E-state index in [1.54, 1.807) is 11.8 Å². The number of hydrogen-bond acceptors (Lipinski definition) is 3. The minimum atomic E-state index is -0.427. The lowest BCUT2D eigenvalue weighted by Crippen LogP contribution is -2.18. The summed E-state index contributed by atoms with van der Waals surface area (Å²) >= 11 is 13.2. The third-order valence-corrected chi connectivity index (χ3v) is 5.13. The summed E-state index contributed by atoms with van der Waals surface area (Å²) in [6.45, 7) is 0. The molecular formula is C18H20Cl2O2S. The first-order valence-electron chi connectivity index (χ1n) is 7.45. The van der Waals surface area contributed by atoms with Gasteiger partial charge in [-0.05, 0) is 48.2 Å². The summed E-state index contributed by atoms with van der Waals surface area (Å²) in [4.78, 5) is 0. The van der Waals surface area contributed by atoms with Crippen molar-refractivity contribution >= 4 is 35.0 Å². The van der Waals surface area contributed by atoms with Crippen molar-refractivity contribution in [1.82, 2.24) is 0 Å². The van der Waals surface area contributed by atoms with Crippen LogP contribution in [0.5, 0.6) is 0 Å². The van der Waals surface area contributed by atoms with Gasteiger partial charge in [0.25, 0.3) is 0 Å². The van der Waals surface area contributed by atoms with E-state index in [2.05, 4.69) is 0 Å². The number of aliphatic hydroxyl groups is 2. The van der Waals surface area contributed by atoms with Crippen LogP contribution >= 0.6 is 35.0 Å². The number of aliphatic hydroxyl groups excluding tert-OH is 2. The van der Waals surface area contributed by atoms with Gasteiger partial charge in [0.1, 0.15) is 0 Å². The van der Waals surface area contributed by atoms with Crippen LogP contribution < -0.4 is 0 Å². The molecule has 0 aliphatic carbocycles. The number of rotatable bonds is 8. The molecule has 0 spiro atoms. The Morgan fingerprint density at radius 1 is 0.696 bits per heavy atom. The summed E-state index contributed by atoms with van der Waals surface area (Å²) in [7, 11) is 0. The Bertz CT molecular complexity index is 533. The van der Waals surface area contributed by atoms with Gasteiger partial charge in [-0.15, -0.1) is 0 Å². The van der Waals surface area contributed by atoms with Crippen LogP contribution in [0.4, 0.5) is 0 Å². The van der Waals surface area contributed by atoms with Crippen LogP contribution in [-0.4, -0.2) is 33.9 Å². The lowest BCUT2D eigenvalue weighted by atomic mass is 10.1. The SMILES string of the molecule is O[C@@H](CSC[C@H](O)Cc1ccc(Cl)cc1)Cc1ccc(Cl)cc1. The minimum Gasteiger partial charge on any atom is -0.392 e. The maximum absolute atomic E-state index is 10.1. The quantitative estimate of drug-likeness (QED) is 0.730. The molecule has 0 saturated carbocycles. The molecule has 0 heterocycles. The standard InChI is InChI=1S/C18H20Cl2O2S/c19-15-5-1-13(2-6-15)9-17(21)11-23-12-18(22)10-14-3-7-16(20)8-4-14/h1-8,17-18,21-22H,9-12H2/t17-,18-/m1/s1. The second kappa shape index (κ2) is 9.55. The van der Waals surface area contributed by atoms with Crippen molar-refractivity contribution in [3.8, 4) is 0 Å². The fraction of sp³-hybridized carbons (Fsp3) is 0.333. The first kappa shape index (κ1) is 18.6. The molecule has 2 nitrogen and oxygen atoms in total. The Hall–Kier alpha value is -0.710. The fourth-order valence-electron chi connectivity index (χ4n) is 2.24. The van der Waals surface area contributed by atoms with Crippen molar-refractivity contribution in [1.29, 1.82) is 0 Å². The molecule has 0 aromatic heterocycles. The highest BCUT2D eigenvalue weighted by molar-refractivity contribution is 7.99. The predicted molar refractivity (Wildman–Crippen MR) is 99.7 cm³/mol.